The quantitative estimate of drug-likeness (QED) is 0.222. The van der Waals surface area contributed by atoms with E-state index in [1.165, 1.54) is 6.08 Å². The van der Waals surface area contributed by atoms with Crippen LogP contribution in [0.4, 0.5) is 0 Å². The van der Waals surface area contributed by atoms with Crippen LogP contribution in [0.1, 0.15) is 64.0 Å². The third-order valence-corrected chi connectivity index (χ3v) is 8.23. The largest absolute Gasteiger partial charge is 1.00 e. The molecule has 226 valence electrons. The molecule has 0 spiro atoms. The minimum Gasteiger partial charge on any atom is -1.00 e. The molecule has 4 heterocycles. The van der Waals surface area contributed by atoms with E-state index >= 15 is 0 Å². The SMILES string of the molecule is C=CC1=C(C)C(=CC2=NC(Cc3[nH]c(C=C4NC(=O)C(C)=C4C=C)c(C)c3CCC(=O)O)C(CCC(=O)O)=C2C)NC1=O.[H-].[K+]. The van der Waals surface area contributed by atoms with Crippen molar-refractivity contribution < 1.29 is 82.2 Å². The molecule has 1 unspecified atom stereocenters. The molecule has 2 amide bonds. The molecule has 5 N–H and O–H groups in total. The molecule has 3 aliphatic heterocycles. The van der Waals surface area contributed by atoms with Gasteiger partial charge in [-0.25, -0.2) is 0 Å². The molecular formula is C33H37KN4O6. The van der Waals surface area contributed by atoms with Gasteiger partial charge in [-0.3, -0.25) is 24.2 Å². The van der Waals surface area contributed by atoms with Crippen LogP contribution >= 0.6 is 0 Å². The normalized spacial score (nSPS) is 19.9. The number of aliphatic imine (C=N–C) groups is 1. The zero-order valence-electron chi connectivity index (χ0n) is 26.8. The fourth-order valence-electron chi connectivity index (χ4n) is 5.72. The van der Waals surface area contributed by atoms with Crippen molar-refractivity contribution in [2.45, 2.75) is 65.8 Å². The molecule has 1 atom stereocenters. The number of aromatic nitrogens is 1. The second kappa shape index (κ2) is 14.6. The van der Waals surface area contributed by atoms with Crippen LogP contribution in [0.15, 0.2) is 81.2 Å². The van der Waals surface area contributed by atoms with Crippen molar-refractivity contribution in [1.29, 1.82) is 0 Å². The van der Waals surface area contributed by atoms with Gasteiger partial charge in [0, 0.05) is 53.1 Å². The predicted molar refractivity (Wildman–Crippen MR) is 165 cm³/mol. The van der Waals surface area contributed by atoms with Crippen molar-refractivity contribution in [3.8, 4) is 0 Å². The van der Waals surface area contributed by atoms with Crippen LogP contribution < -0.4 is 62.0 Å². The van der Waals surface area contributed by atoms with Crippen LogP contribution in [-0.2, 0) is 32.0 Å². The number of hydrogen-bond acceptors (Lipinski definition) is 5. The maximum atomic E-state index is 12.3. The van der Waals surface area contributed by atoms with E-state index in [2.05, 4.69) is 28.8 Å². The zero-order valence-corrected chi connectivity index (χ0v) is 28.9. The van der Waals surface area contributed by atoms with E-state index in [-0.39, 0.29) is 83.9 Å². The number of carboxylic acids is 2. The zero-order chi connectivity index (χ0) is 31.6. The van der Waals surface area contributed by atoms with Crippen molar-refractivity contribution in [2.24, 2.45) is 4.99 Å². The monoisotopic (exact) mass is 624 g/mol. The second-order valence-electron chi connectivity index (χ2n) is 10.8. The predicted octanol–water partition coefficient (Wildman–Crippen LogP) is 1.49. The number of carbonyl (C=O) groups excluding carboxylic acids is 2. The Morgan fingerprint density at radius 2 is 1.48 bits per heavy atom. The number of rotatable bonds is 12. The van der Waals surface area contributed by atoms with E-state index in [0.717, 1.165) is 39.2 Å². The molecule has 0 aromatic carbocycles. The number of hydrogen-bond donors (Lipinski definition) is 5. The van der Waals surface area contributed by atoms with Gasteiger partial charge in [-0.05, 0) is 80.5 Å². The average molecular weight is 625 g/mol. The smallest absolute Gasteiger partial charge is 1.00 e. The Hall–Kier alpha value is -3.35. The Bertz CT molecular complexity index is 1670. The van der Waals surface area contributed by atoms with Crippen molar-refractivity contribution >= 4 is 35.5 Å². The van der Waals surface area contributed by atoms with E-state index in [9.17, 15) is 29.4 Å². The van der Waals surface area contributed by atoms with Gasteiger partial charge in [0.25, 0.3) is 11.8 Å². The van der Waals surface area contributed by atoms with E-state index in [1.807, 2.05) is 26.8 Å². The van der Waals surface area contributed by atoms with Gasteiger partial charge in [-0.2, -0.15) is 0 Å². The number of allylic oxidation sites excluding steroid dienone is 4. The van der Waals surface area contributed by atoms with Crippen molar-refractivity contribution in [1.82, 2.24) is 15.6 Å². The second-order valence-corrected chi connectivity index (χ2v) is 10.8. The number of amides is 2. The summed E-state index contributed by atoms with van der Waals surface area (Å²) in [6, 6.07) is -0.398. The van der Waals surface area contributed by atoms with Crippen molar-refractivity contribution in [2.75, 3.05) is 0 Å². The standard InChI is InChI=1S/C33H36N4O6.K.H/c1-7-20-19(6)32(42)37-27(20)14-25-18(5)23(10-12-31(40)41)29(35-25)15-28-22(9-11-30(38)39)17(4)24(34-28)13-26-16(3)21(8-2)33(43)36-26;;/h7-8,13-14,28,35H,1-2,9-12,15H2,3-6H3,(H,36,43)(H,37,42)(H,38,39)(H,40,41);;/q;+1;-1. The molecule has 0 aliphatic carbocycles. The number of carbonyl (C=O) groups is 4. The van der Waals surface area contributed by atoms with E-state index in [4.69, 9.17) is 4.99 Å². The van der Waals surface area contributed by atoms with Gasteiger partial charge in [0.1, 0.15) is 0 Å². The Labute approximate surface area is 300 Å². The first-order chi connectivity index (χ1) is 20.4. The molecule has 3 aliphatic rings. The summed E-state index contributed by atoms with van der Waals surface area (Å²) in [5, 5.41) is 24.6. The van der Waals surface area contributed by atoms with Crippen LogP contribution in [0.5, 0.6) is 0 Å². The average Bonchev–Trinajstić information content (AvgIpc) is 3.59. The summed E-state index contributed by atoms with van der Waals surface area (Å²) in [5.41, 5.74) is 9.29. The summed E-state index contributed by atoms with van der Waals surface area (Å²) < 4.78 is 0. The number of aromatic amines is 1. The Morgan fingerprint density at radius 1 is 0.864 bits per heavy atom. The fraction of sp³-hybridized carbons (Fsp3) is 0.303. The van der Waals surface area contributed by atoms with Crippen LogP contribution in [-0.4, -0.2) is 50.7 Å². The van der Waals surface area contributed by atoms with Gasteiger partial charge in [-0.1, -0.05) is 25.3 Å². The van der Waals surface area contributed by atoms with Crippen LogP contribution in [0.2, 0.25) is 0 Å². The minimum absolute atomic E-state index is 0. The summed E-state index contributed by atoms with van der Waals surface area (Å²) in [7, 11) is 0. The summed E-state index contributed by atoms with van der Waals surface area (Å²) in [6.45, 7) is 14.9. The third-order valence-electron chi connectivity index (χ3n) is 8.23. The molecule has 11 heteroatoms. The van der Waals surface area contributed by atoms with Crippen molar-refractivity contribution in [3.63, 3.8) is 0 Å². The molecule has 1 aromatic heterocycles. The molecule has 0 saturated heterocycles. The molecule has 4 rings (SSSR count). The van der Waals surface area contributed by atoms with Gasteiger partial charge in [0.2, 0.25) is 0 Å². The van der Waals surface area contributed by atoms with Gasteiger partial charge in [0.05, 0.1) is 17.5 Å². The number of carboxylic acid groups (broad SMARTS) is 2. The van der Waals surface area contributed by atoms with Crippen LogP contribution in [0.25, 0.3) is 6.08 Å². The molecule has 10 nitrogen and oxygen atoms in total. The third kappa shape index (κ3) is 7.30. The van der Waals surface area contributed by atoms with E-state index < -0.39 is 18.0 Å². The minimum atomic E-state index is -0.923. The van der Waals surface area contributed by atoms with Gasteiger partial charge in [-0.15, -0.1) is 0 Å². The Morgan fingerprint density at radius 3 is 2.07 bits per heavy atom. The van der Waals surface area contributed by atoms with Crippen LogP contribution in [0, 0.1) is 6.92 Å². The molecular weight excluding hydrogens is 587 g/mol. The number of H-pyrrole nitrogens is 1. The molecule has 1 aromatic rings. The molecule has 0 fully saturated rings. The first kappa shape index (κ1) is 35.1. The summed E-state index contributed by atoms with van der Waals surface area (Å²) in [6.07, 6.45) is 7.58. The summed E-state index contributed by atoms with van der Waals surface area (Å²) in [5.74, 6) is -2.29. The van der Waals surface area contributed by atoms with Gasteiger partial charge >= 0.3 is 63.3 Å². The van der Waals surface area contributed by atoms with Gasteiger partial charge < -0.3 is 27.3 Å². The van der Waals surface area contributed by atoms with Gasteiger partial charge in [0.15, 0.2) is 0 Å². The Kier molecular flexibility index (Phi) is 11.7. The number of aliphatic carboxylic acids is 2. The molecule has 0 saturated carbocycles. The number of nitrogens with one attached hydrogen (secondary N) is 3. The van der Waals surface area contributed by atoms with Crippen LogP contribution in [0.3, 0.4) is 0 Å². The summed E-state index contributed by atoms with van der Waals surface area (Å²) >= 11 is 0. The van der Waals surface area contributed by atoms with E-state index in [1.54, 1.807) is 19.1 Å². The molecule has 0 bridgehead atoms. The first-order valence-corrected chi connectivity index (χ1v) is 14.0. The fourth-order valence-corrected chi connectivity index (χ4v) is 5.72. The van der Waals surface area contributed by atoms with Crippen molar-refractivity contribution in [3.05, 3.63) is 98.7 Å². The topological polar surface area (TPSA) is 161 Å². The summed E-state index contributed by atoms with van der Waals surface area (Å²) in [4.78, 5) is 56.0. The maximum absolute atomic E-state index is 12.3. The van der Waals surface area contributed by atoms with E-state index in [0.29, 0.717) is 46.7 Å². The number of nitrogens with zero attached hydrogens (tertiary/aromatic N) is 1. The Balaban J connectivity index is 0.00000353. The molecule has 44 heavy (non-hydrogen) atoms. The first-order valence-electron chi connectivity index (χ1n) is 14.0. The maximum Gasteiger partial charge on any atom is 1.00 e. The molecule has 0 radical (unpaired) electrons.